The van der Waals surface area contributed by atoms with Gasteiger partial charge in [-0.25, -0.2) is 0 Å². The second kappa shape index (κ2) is 4.80. The van der Waals surface area contributed by atoms with Crippen molar-refractivity contribution in [3.63, 3.8) is 0 Å². The molecule has 13 heavy (non-hydrogen) atoms. The Balaban J connectivity index is 2.24. The summed E-state index contributed by atoms with van der Waals surface area (Å²) in [4.78, 5) is 11.0. The van der Waals surface area contributed by atoms with Crippen LogP contribution >= 0.6 is 0 Å². The molecule has 0 aliphatic carbocycles. The minimum atomic E-state index is 0.337. The summed E-state index contributed by atoms with van der Waals surface area (Å²) in [6, 6.07) is 0. The summed E-state index contributed by atoms with van der Waals surface area (Å²) >= 11 is 0. The maximum absolute atomic E-state index is 11.0. The number of aromatic nitrogens is 2. The lowest BCUT2D eigenvalue weighted by Crippen LogP contribution is -2.02. The van der Waals surface area contributed by atoms with Crippen molar-refractivity contribution in [2.75, 3.05) is 0 Å². The summed E-state index contributed by atoms with van der Waals surface area (Å²) < 4.78 is 1.89. The van der Waals surface area contributed by atoms with Crippen molar-refractivity contribution in [2.24, 2.45) is 0 Å². The smallest absolute Gasteiger partial charge is 0.132 e. The number of hydrogen-bond donors (Lipinski definition) is 0. The molecule has 0 spiro atoms. The Kier molecular flexibility index (Phi) is 3.68. The summed E-state index contributed by atoms with van der Waals surface area (Å²) in [6.07, 6.45) is 6.05. The van der Waals surface area contributed by atoms with E-state index in [1.54, 1.807) is 0 Å². The Bertz CT molecular complexity index is 278. The van der Waals surface area contributed by atoms with Crippen molar-refractivity contribution < 1.29 is 4.79 Å². The molecule has 0 aromatic carbocycles. The highest BCUT2D eigenvalue weighted by atomic mass is 16.1. The van der Waals surface area contributed by atoms with E-state index in [0.717, 1.165) is 13.0 Å². The number of ketones is 1. The Hall–Kier alpha value is -1.12. The minimum absolute atomic E-state index is 0.337. The topological polar surface area (TPSA) is 34.9 Å². The summed E-state index contributed by atoms with van der Waals surface area (Å²) in [6.45, 7) is 4.76. The van der Waals surface area contributed by atoms with E-state index < -0.39 is 0 Å². The van der Waals surface area contributed by atoms with Crippen LogP contribution in [0.2, 0.25) is 0 Å². The maximum Gasteiger partial charge on any atom is 0.132 e. The highest BCUT2D eigenvalue weighted by Crippen LogP contribution is 1.99. The minimum Gasteiger partial charge on any atom is -0.300 e. The summed E-state index contributed by atoms with van der Waals surface area (Å²) in [7, 11) is 0. The van der Waals surface area contributed by atoms with Gasteiger partial charge in [-0.3, -0.25) is 9.48 Å². The standard InChI is InChI=1S/C10H16N2O/c1-3-10(13)5-4-6-12-8-9(2)7-11-12/h7-8H,3-6H2,1-2H3. The highest BCUT2D eigenvalue weighted by Gasteiger charge is 1.98. The van der Waals surface area contributed by atoms with Crippen molar-refractivity contribution >= 4 is 5.78 Å². The lowest BCUT2D eigenvalue weighted by molar-refractivity contribution is -0.118. The quantitative estimate of drug-likeness (QED) is 0.694. The van der Waals surface area contributed by atoms with Crippen LogP contribution < -0.4 is 0 Å². The van der Waals surface area contributed by atoms with E-state index >= 15 is 0 Å². The number of carbonyl (C=O) groups excluding carboxylic acids is 1. The van der Waals surface area contributed by atoms with E-state index in [0.29, 0.717) is 18.6 Å². The van der Waals surface area contributed by atoms with Gasteiger partial charge < -0.3 is 0 Å². The zero-order valence-electron chi connectivity index (χ0n) is 8.29. The first kappa shape index (κ1) is 9.96. The largest absolute Gasteiger partial charge is 0.300 e. The average molecular weight is 180 g/mol. The van der Waals surface area contributed by atoms with Crippen LogP contribution in [-0.4, -0.2) is 15.6 Å². The number of carbonyl (C=O) groups is 1. The molecule has 0 saturated carbocycles. The molecule has 0 N–H and O–H groups in total. The molecule has 0 amide bonds. The summed E-state index contributed by atoms with van der Waals surface area (Å²) in [5, 5.41) is 4.14. The number of nitrogens with zero attached hydrogens (tertiary/aromatic N) is 2. The summed E-state index contributed by atoms with van der Waals surface area (Å²) in [5.41, 5.74) is 1.17. The first-order valence-electron chi connectivity index (χ1n) is 4.73. The predicted octanol–water partition coefficient (Wildman–Crippen LogP) is 1.95. The van der Waals surface area contributed by atoms with Crippen LogP contribution in [0.5, 0.6) is 0 Å². The van der Waals surface area contributed by atoms with Crippen LogP contribution in [0.4, 0.5) is 0 Å². The number of Topliss-reactive ketones (excluding diaryl/α,β-unsaturated/α-hetero) is 1. The van der Waals surface area contributed by atoms with Crippen LogP contribution in [0.3, 0.4) is 0 Å². The second-order valence-corrected chi connectivity index (χ2v) is 3.28. The predicted molar refractivity (Wildman–Crippen MR) is 51.5 cm³/mol. The van der Waals surface area contributed by atoms with Crippen molar-refractivity contribution in [3.8, 4) is 0 Å². The average Bonchev–Trinajstić information content (AvgIpc) is 2.51. The molecule has 0 atom stereocenters. The molecule has 1 heterocycles. The lowest BCUT2D eigenvalue weighted by atomic mass is 10.2. The lowest BCUT2D eigenvalue weighted by Gasteiger charge is -1.99. The molecule has 3 heteroatoms. The molecule has 0 unspecified atom stereocenters. The Morgan fingerprint density at radius 1 is 1.62 bits per heavy atom. The molecule has 3 nitrogen and oxygen atoms in total. The Labute approximate surface area is 78.8 Å². The van der Waals surface area contributed by atoms with E-state index in [2.05, 4.69) is 5.10 Å². The molecule has 1 aromatic heterocycles. The van der Waals surface area contributed by atoms with Gasteiger partial charge in [0, 0.05) is 25.6 Å². The third kappa shape index (κ3) is 3.40. The van der Waals surface area contributed by atoms with Gasteiger partial charge in [-0.15, -0.1) is 0 Å². The van der Waals surface area contributed by atoms with Gasteiger partial charge in [-0.1, -0.05) is 6.92 Å². The van der Waals surface area contributed by atoms with Gasteiger partial charge in [0.15, 0.2) is 0 Å². The van der Waals surface area contributed by atoms with Gasteiger partial charge in [0.2, 0.25) is 0 Å². The van der Waals surface area contributed by atoms with Crippen molar-refractivity contribution in [2.45, 2.75) is 39.7 Å². The van der Waals surface area contributed by atoms with Gasteiger partial charge in [0.1, 0.15) is 5.78 Å². The molecule has 0 fully saturated rings. The third-order valence-electron chi connectivity index (χ3n) is 2.00. The monoisotopic (exact) mass is 180 g/mol. The van der Waals surface area contributed by atoms with Crippen LogP contribution in [-0.2, 0) is 11.3 Å². The zero-order valence-corrected chi connectivity index (χ0v) is 8.29. The third-order valence-corrected chi connectivity index (χ3v) is 2.00. The number of rotatable bonds is 5. The second-order valence-electron chi connectivity index (χ2n) is 3.28. The zero-order chi connectivity index (χ0) is 9.68. The normalized spacial score (nSPS) is 10.3. The number of aryl methyl sites for hydroxylation is 2. The molecule has 0 aliphatic heterocycles. The van der Waals surface area contributed by atoms with Crippen molar-refractivity contribution in [1.82, 2.24) is 9.78 Å². The van der Waals surface area contributed by atoms with E-state index in [1.165, 1.54) is 5.56 Å². The van der Waals surface area contributed by atoms with Gasteiger partial charge in [-0.2, -0.15) is 5.10 Å². The molecule has 1 aromatic rings. The maximum atomic E-state index is 11.0. The molecule has 1 rings (SSSR count). The summed E-state index contributed by atoms with van der Waals surface area (Å²) in [5.74, 6) is 0.337. The van der Waals surface area contributed by atoms with Gasteiger partial charge >= 0.3 is 0 Å². The molecular formula is C10H16N2O. The van der Waals surface area contributed by atoms with Crippen LogP contribution in [0.1, 0.15) is 31.7 Å². The van der Waals surface area contributed by atoms with E-state index in [-0.39, 0.29) is 0 Å². The fourth-order valence-corrected chi connectivity index (χ4v) is 1.20. The van der Waals surface area contributed by atoms with Crippen molar-refractivity contribution in [1.29, 1.82) is 0 Å². The van der Waals surface area contributed by atoms with Crippen LogP contribution in [0.25, 0.3) is 0 Å². The molecule has 0 bridgehead atoms. The van der Waals surface area contributed by atoms with Gasteiger partial charge in [-0.05, 0) is 18.9 Å². The molecule has 72 valence electrons. The molecule has 0 aliphatic rings. The molecule has 0 radical (unpaired) electrons. The van der Waals surface area contributed by atoms with Gasteiger partial charge in [0.05, 0.1) is 6.20 Å². The Morgan fingerprint density at radius 3 is 2.92 bits per heavy atom. The molecular weight excluding hydrogens is 164 g/mol. The molecule has 0 saturated heterocycles. The van der Waals surface area contributed by atoms with E-state index in [4.69, 9.17) is 0 Å². The Morgan fingerprint density at radius 2 is 2.38 bits per heavy atom. The first-order valence-corrected chi connectivity index (χ1v) is 4.73. The fourth-order valence-electron chi connectivity index (χ4n) is 1.20. The fraction of sp³-hybridized carbons (Fsp3) is 0.600. The van der Waals surface area contributed by atoms with Crippen LogP contribution in [0, 0.1) is 6.92 Å². The van der Waals surface area contributed by atoms with Crippen molar-refractivity contribution in [3.05, 3.63) is 18.0 Å². The SMILES string of the molecule is CCC(=O)CCCn1cc(C)cn1. The first-order chi connectivity index (χ1) is 6.22. The van der Waals surface area contributed by atoms with E-state index in [1.807, 2.05) is 30.9 Å². The van der Waals surface area contributed by atoms with Gasteiger partial charge in [0.25, 0.3) is 0 Å². The number of hydrogen-bond acceptors (Lipinski definition) is 2. The highest BCUT2D eigenvalue weighted by molar-refractivity contribution is 5.77. The van der Waals surface area contributed by atoms with E-state index in [9.17, 15) is 4.79 Å². The van der Waals surface area contributed by atoms with Crippen LogP contribution in [0.15, 0.2) is 12.4 Å².